The summed E-state index contributed by atoms with van der Waals surface area (Å²) >= 11 is 3.64. The SMILES string of the molecule is CC(c1ccncc1)N1CCC(C(=O)N2CCN(Cc3ccccc3Br)CC2)CC1. The Bertz CT molecular complexity index is 830. The van der Waals surface area contributed by atoms with Crippen LogP contribution < -0.4 is 0 Å². The zero-order valence-corrected chi connectivity index (χ0v) is 19.3. The van der Waals surface area contributed by atoms with Crippen molar-refractivity contribution in [3.05, 3.63) is 64.4 Å². The Morgan fingerprint density at radius 1 is 1.03 bits per heavy atom. The number of carbonyl (C=O) groups is 1. The molecule has 1 aromatic carbocycles. The molecule has 1 atom stereocenters. The highest BCUT2D eigenvalue weighted by Crippen LogP contribution is 2.28. The average Bonchev–Trinajstić information content (AvgIpc) is 2.81. The zero-order chi connectivity index (χ0) is 20.9. The topological polar surface area (TPSA) is 39.7 Å². The van der Waals surface area contributed by atoms with Crippen LogP contribution >= 0.6 is 15.9 Å². The first kappa shape index (κ1) is 21.5. The molecular weight excluding hydrogens is 440 g/mol. The summed E-state index contributed by atoms with van der Waals surface area (Å²) in [4.78, 5) is 24.3. The third-order valence-electron chi connectivity index (χ3n) is 6.65. The first-order valence-electron chi connectivity index (χ1n) is 11.0. The van der Waals surface area contributed by atoms with Gasteiger partial charge in [0.15, 0.2) is 0 Å². The van der Waals surface area contributed by atoms with Gasteiger partial charge in [-0.3, -0.25) is 19.6 Å². The molecule has 160 valence electrons. The Kier molecular flexibility index (Phi) is 7.18. The van der Waals surface area contributed by atoms with E-state index in [1.165, 1.54) is 11.1 Å². The molecule has 1 aromatic heterocycles. The Labute approximate surface area is 188 Å². The van der Waals surface area contributed by atoms with Crippen molar-refractivity contribution in [3.8, 4) is 0 Å². The van der Waals surface area contributed by atoms with Gasteiger partial charge >= 0.3 is 0 Å². The zero-order valence-electron chi connectivity index (χ0n) is 17.7. The quantitative estimate of drug-likeness (QED) is 0.662. The van der Waals surface area contributed by atoms with E-state index in [1.54, 1.807) is 0 Å². The van der Waals surface area contributed by atoms with Crippen LogP contribution in [0.3, 0.4) is 0 Å². The number of piperidine rings is 1. The van der Waals surface area contributed by atoms with Crippen LogP contribution in [0.1, 0.15) is 36.9 Å². The number of rotatable bonds is 5. The van der Waals surface area contributed by atoms with Gasteiger partial charge in [0.2, 0.25) is 5.91 Å². The molecule has 2 aromatic rings. The molecule has 5 nitrogen and oxygen atoms in total. The smallest absolute Gasteiger partial charge is 0.225 e. The maximum Gasteiger partial charge on any atom is 0.225 e. The van der Waals surface area contributed by atoms with Crippen LogP contribution in [-0.4, -0.2) is 64.9 Å². The lowest BCUT2D eigenvalue weighted by Crippen LogP contribution is -2.51. The number of likely N-dealkylation sites (tertiary alicyclic amines) is 1. The highest BCUT2D eigenvalue weighted by molar-refractivity contribution is 9.10. The maximum absolute atomic E-state index is 13.1. The molecule has 0 radical (unpaired) electrons. The lowest BCUT2D eigenvalue weighted by Gasteiger charge is -2.40. The van der Waals surface area contributed by atoms with Gasteiger partial charge in [0.1, 0.15) is 0 Å². The van der Waals surface area contributed by atoms with Gasteiger partial charge in [0.25, 0.3) is 0 Å². The van der Waals surface area contributed by atoms with E-state index < -0.39 is 0 Å². The van der Waals surface area contributed by atoms with Gasteiger partial charge in [0, 0.05) is 61.5 Å². The summed E-state index contributed by atoms with van der Waals surface area (Å²) in [6.45, 7) is 8.75. The van der Waals surface area contributed by atoms with Gasteiger partial charge in [-0.2, -0.15) is 0 Å². The van der Waals surface area contributed by atoms with Crippen molar-refractivity contribution < 1.29 is 4.79 Å². The Hall–Kier alpha value is -1.76. The van der Waals surface area contributed by atoms with Crippen molar-refractivity contribution in [1.29, 1.82) is 0 Å². The number of carbonyl (C=O) groups excluding carboxylic acids is 1. The number of nitrogens with zero attached hydrogens (tertiary/aromatic N) is 4. The highest BCUT2D eigenvalue weighted by atomic mass is 79.9. The standard InChI is InChI=1S/C24H31BrN4O/c1-19(20-6-10-26-11-7-20)28-12-8-21(9-13-28)24(30)29-16-14-27(15-17-29)18-22-4-2-3-5-23(22)25/h2-7,10-11,19,21H,8-9,12-18H2,1H3. The molecule has 4 rings (SSSR count). The molecule has 1 unspecified atom stereocenters. The molecule has 0 bridgehead atoms. The van der Waals surface area contributed by atoms with Gasteiger partial charge in [0.05, 0.1) is 0 Å². The monoisotopic (exact) mass is 470 g/mol. The van der Waals surface area contributed by atoms with Crippen molar-refractivity contribution in [2.75, 3.05) is 39.3 Å². The van der Waals surface area contributed by atoms with Crippen LogP contribution in [0.25, 0.3) is 0 Å². The lowest BCUT2D eigenvalue weighted by molar-refractivity contribution is -0.139. The van der Waals surface area contributed by atoms with Gasteiger partial charge < -0.3 is 4.90 Å². The van der Waals surface area contributed by atoms with Crippen LogP contribution in [0.2, 0.25) is 0 Å². The van der Waals surface area contributed by atoms with Crippen molar-refractivity contribution in [3.63, 3.8) is 0 Å². The molecule has 2 aliphatic heterocycles. The Balaban J connectivity index is 1.24. The van der Waals surface area contributed by atoms with Crippen molar-refractivity contribution in [2.24, 2.45) is 5.92 Å². The summed E-state index contributed by atoms with van der Waals surface area (Å²) in [6, 6.07) is 13.0. The number of pyridine rings is 1. The molecule has 0 saturated carbocycles. The van der Waals surface area contributed by atoms with Crippen molar-refractivity contribution in [2.45, 2.75) is 32.4 Å². The summed E-state index contributed by atoms with van der Waals surface area (Å²) in [6.07, 6.45) is 5.65. The minimum Gasteiger partial charge on any atom is -0.340 e. The van der Waals surface area contributed by atoms with Crippen LogP contribution in [0.15, 0.2) is 53.3 Å². The molecule has 3 heterocycles. The maximum atomic E-state index is 13.1. The number of hydrogen-bond acceptors (Lipinski definition) is 4. The summed E-state index contributed by atoms with van der Waals surface area (Å²) in [7, 11) is 0. The number of piperazine rings is 1. The van der Waals surface area contributed by atoms with Gasteiger partial charge in [-0.05, 0) is 62.2 Å². The second-order valence-electron chi connectivity index (χ2n) is 8.46. The molecule has 1 amide bonds. The third kappa shape index (κ3) is 5.10. The Morgan fingerprint density at radius 2 is 1.70 bits per heavy atom. The van der Waals surface area contributed by atoms with Crippen LogP contribution in [0.4, 0.5) is 0 Å². The first-order chi connectivity index (χ1) is 14.6. The van der Waals surface area contributed by atoms with E-state index in [0.717, 1.165) is 63.1 Å². The summed E-state index contributed by atoms with van der Waals surface area (Å²) in [5, 5.41) is 0. The van der Waals surface area contributed by atoms with Crippen LogP contribution in [0, 0.1) is 5.92 Å². The third-order valence-corrected chi connectivity index (χ3v) is 7.42. The fraction of sp³-hybridized carbons (Fsp3) is 0.500. The summed E-state index contributed by atoms with van der Waals surface area (Å²) < 4.78 is 1.16. The van der Waals surface area contributed by atoms with E-state index in [-0.39, 0.29) is 5.92 Å². The highest BCUT2D eigenvalue weighted by Gasteiger charge is 2.31. The van der Waals surface area contributed by atoms with E-state index in [9.17, 15) is 4.79 Å². The largest absolute Gasteiger partial charge is 0.340 e. The van der Waals surface area contributed by atoms with E-state index in [4.69, 9.17) is 0 Å². The molecular formula is C24H31BrN4O. The minimum absolute atomic E-state index is 0.181. The first-order valence-corrected chi connectivity index (χ1v) is 11.8. The second kappa shape index (κ2) is 10.0. The molecule has 2 fully saturated rings. The second-order valence-corrected chi connectivity index (χ2v) is 9.31. The van der Waals surface area contributed by atoms with Crippen molar-refractivity contribution >= 4 is 21.8 Å². The van der Waals surface area contributed by atoms with E-state index in [1.807, 2.05) is 18.5 Å². The molecule has 0 aliphatic carbocycles. The number of aromatic nitrogens is 1. The van der Waals surface area contributed by atoms with Crippen molar-refractivity contribution in [1.82, 2.24) is 19.7 Å². The fourth-order valence-corrected chi connectivity index (χ4v) is 5.05. The fourth-order valence-electron chi connectivity index (χ4n) is 4.64. The van der Waals surface area contributed by atoms with Gasteiger partial charge in [-0.25, -0.2) is 0 Å². The molecule has 6 heteroatoms. The van der Waals surface area contributed by atoms with Gasteiger partial charge in [-0.15, -0.1) is 0 Å². The molecule has 2 saturated heterocycles. The Morgan fingerprint density at radius 3 is 2.37 bits per heavy atom. The van der Waals surface area contributed by atoms with Gasteiger partial charge in [-0.1, -0.05) is 34.1 Å². The number of amides is 1. The predicted molar refractivity (Wildman–Crippen MR) is 123 cm³/mol. The summed E-state index contributed by atoms with van der Waals surface area (Å²) in [5.74, 6) is 0.549. The lowest BCUT2D eigenvalue weighted by atomic mass is 9.93. The normalized spacial score (nSPS) is 20.3. The van der Waals surface area contributed by atoms with Crippen LogP contribution in [0.5, 0.6) is 0 Å². The molecule has 0 N–H and O–H groups in total. The number of halogens is 1. The molecule has 2 aliphatic rings. The van der Waals surface area contributed by atoms with E-state index in [0.29, 0.717) is 11.9 Å². The van der Waals surface area contributed by atoms with Crippen LogP contribution in [-0.2, 0) is 11.3 Å². The average molecular weight is 471 g/mol. The minimum atomic E-state index is 0.181. The predicted octanol–water partition coefficient (Wildman–Crippen LogP) is 3.96. The number of hydrogen-bond donors (Lipinski definition) is 0. The van der Waals surface area contributed by atoms with E-state index in [2.05, 4.69) is 72.9 Å². The summed E-state index contributed by atoms with van der Waals surface area (Å²) in [5.41, 5.74) is 2.61. The number of benzene rings is 1. The molecule has 30 heavy (non-hydrogen) atoms. The van der Waals surface area contributed by atoms with E-state index >= 15 is 0 Å². The molecule has 0 spiro atoms.